The molecule has 4 aliphatic heterocycles. The summed E-state index contributed by atoms with van der Waals surface area (Å²) in [7, 11) is 0. The fourth-order valence-corrected chi connectivity index (χ4v) is 10.5. The molecule has 362 valence electrons. The first-order valence-electron chi connectivity index (χ1n) is 24.0. The summed E-state index contributed by atoms with van der Waals surface area (Å²) in [6, 6.07) is 8.59. The minimum Gasteiger partial charge on any atom is -0.492 e. The van der Waals surface area contributed by atoms with Crippen LogP contribution in [0.25, 0.3) is 10.8 Å². The Kier molecular flexibility index (Phi) is 15.8. The van der Waals surface area contributed by atoms with E-state index in [0.29, 0.717) is 0 Å². The fourth-order valence-electron chi connectivity index (χ4n) is 10.5. The van der Waals surface area contributed by atoms with Gasteiger partial charge in [-0.2, -0.15) is 0 Å². The molecule has 0 fully saturated rings. The Labute approximate surface area is 403 Å². The molecule has 4 aliphatic rings. The lowest BCUT2D eigenvalue weighted by Crippen LogP contribution is -2.33. The Hall–Kier alpha value is -4.44. The van der Waals surface area contributed by atoms with Crippen LogP contribution in [0, 0.1) is 96.9 Å². The highest BCUT2D eigenvalue weighted by molar-refractivity contribution is 5.93. The minimum absolute atomic E-state index is 0. The van der Waals surface area contributed by atoms with Gasteiger partial charge >= 0.3 is 0 Å². The summed E-state index contributed by atoms with van der Waals surface area (Å²) in [5, 5.41) is 2.59. The van der Waals surface area contributed by atoms with Gasteiger partial charge in [0.2, 0.25) is 0 Å². The third-order valence-corrected chi connectivity index (χ3v) is 16.0. The molecular formula is C62H90O4. The maximum absolute atomic E-state index is 6.27. The van der Waals surface area contributed by atoms with Crippen LogP contribution in [-0.2, 0) is 24.7 Å². The van der Waals surface area contributed by atoms with Crippen LogP contribution in [0.5, 0.6) is 23.0 Å². The van der Waals surface area contributed by atoms with Crippen molar-refractivity contribution in [3.05, 3.63) is 124 Å². The molecule has 0 unspecified atom stereocenters. The van der Waals surface area contributed by atoms with E-state index in [9.17, 15) is 0 Å². The van der Waals surface area contributed by atoms with E-state index in [1.807, 2.05) is 0 Å². The quantitative estimate of drug-likeness (QED) is 0.155. The molecule has 66 heavy (non-hydrogen) atoms. The van der Waals surface area contributed by atoms with Crippen LogP contribution in [0.1, 0.15) is 183 Å². The topological polar surface area (TPSA) is 36.9 Å². The van der Waals surface area contributed by atoms with Crippen LogP contribution in [0.2, 0.25) is 0 Å². The van der Waals surface area contributed by atoms with Gasteiger partial charge in [0.1, 0.15) is 39.8 Å². The van der Waals surface area contributed by atoms with Gasteiger partial charge in [-0.15, -0.1) is 0 Å². The van der Waals surface area contributed by atoms with Gasteiger partial charge in [0.05, 0.1) is 6.61 Å². The van der Waals surface area contributed by atoms with Crippen LogP contribution in [0.4, 0.5) is 0 Å². The van der Waals surface area contributed by atoms with E-state index >= 15 is 0 Å². The number of ether oxygens (including phenoxy) is 4. The van der Waals surface area contributed by atoms with Gasteiger partial charge in [-0.3, -0.25) is 0 Å². The summed E-state index contributed by atoms with van der Waals surface area (Å²) in [5.41, 5.74) is 25.2. The highest BCUT2D eigenvalue weighted by Gasteiger charge is 2.37. The second-order valence-corrected chi connectivity index (χ2v) is 22.4. The second-order valence-electron chi connectivity index (χ2n) is 22.4. The molecular weight excluding hydrogens is 809 g/mol. The number of rotatable bonds is 0. The Balaban J connectivity index is 0.000000191. The van der Waals surface area contributed by atoms with Crippen LogP contribution in [-0.4, -0.2) is 23.4 Å². The first-order chi connectivity index (χ1) is 29.5. The number of aryl methyl sites for hydroxylation is 1. The zero-order valence-electron chi connectivity index (χ0n) is 44.2. The van der Waals surface area contributed by atoms with Gasteiger partial charge in [-0.25, -0.2) is 0 Å². The normalized spacial score (nSPS) is 17.0. The molecule has 9 rings (SSSR count). The molecule has 0 saturated carbocycles. The average Bonchev–Trinajstić information content (AvgIpc) is 3.75. The Morgan fingerprint density at radius 1 is 0.364 bits per heavy atom. The molecule has 0 atom stereocenters. The number of hydrogen-bond donors (Lipinski definition) is 0. The predicted octanol–water partition coefficient (Wildman–Crippen LogP) is 17.1. The molecule has 0 saturated heterocycles. The lowest BCUT2D eigenvalue weighted by atomic mass is 9.80. The van der Waals surface area contributed by atoms with Gasteiger partial charge in [0.15, 0.2) is 0 Å². The third-order valence-electron chi connectivity index (χ3n) is 16.0. The van der Waals surface area contributed by atoms with Gasteiger partial charge in [-0.05, 0) is 259 Å². The average molecular weight is 899 g/mol. The highest BCUT2D eigenvalue weighted by atomic mass is 16.5. The van der Waals surface area contributed by atoms with E-state index in [0.717, 1.165) is 61.7 Å². The van der Waals surface area contributed by atoms with Crippen LogP contribution in [0.15, 0.2) is 24.3 Å². The van der Waals surface area contributed by atoms with Crippen LogP contribution in [0.3, 0.4) is 0 Å². The molecule has 4 heteroatoms. The lowest BCUT2D eigenvalue weighted by molar-refractivity contribution is 0.0833. The van der Waals surface area contributed by atoms with E-state index in [1.54, 1.807) is 0 Å². The molecule has 0 spiro atoms. The van der Waals surface area contributed by atoms with Crippen molar-refractivity contribution in [2.24, 2.45) is 0 Å². The van der Waals surface area contributed by atoms with Crippen molar-refractivity contribution in [1.82, 2.24) is 0 Å². The highest BCUT2D eigenvalue weighted by Crippen LogP contribution is 2.46. The molecule has 5 aromatic rings. The van der Waals surface area contributed by atoms with Crippen molar-refractivity contribution < 1.29 is 18.9 Å². The first kappa shape index (κ1) is 54.2. The summed E-state index contributed by atoms with van der Waals surface area (Å²) in [6.07, 6.45) is 5.52. The minimum atomic E-state index is -0.0442. The van der Waals surface area contributed by atoms with Crippen molar-refractivity contribution in [2.45, 2.75) is 221 Å². The zero-order valence-corrected chi connectivity index (χ0v) is 44.2. The third kappa shape index (κ3) is 10.0. The predicted molar refractivity (Wildman–Crippen MR) is 286 cm³/mol. The summed E-state index contributed by atoms with van der Waals surface area (Å²) in [4.78, 5) is 0. The summed E-state index contributed by atoms with van der Waals surface area (Å²) in [5.74, 6) is 4.54. The molecule has 0 N–H and O–H groups in total. The second kappa shape index (κ2) is 19.3. The molecule has 0 bridgehead atoms. The van der Waals surface area contributed by atoms with Crippen molar-refractivity contribution in [3.8, 4) is 23.0 Å². The largest absolute Gasteiger partial charge is 0.492 e. The van der Waals surface area contributed by atoms with Crippen molar-refractivity contribution >= 4 is 10.8 Å². The standard InChI is InChI=1S/C17H20O.C15H22O.2C14H20O.2CH4/c1-11-12(2)14-9-10-17(3,4)18-16(14)15-8-6-5-7-13(11)15;1-9-10(2)12(4)14-13(11(9)3)7-8-15(5,6)16-14;1-8-9(2)11(4)13-12(10(8)3)14(5,6)7-15-13;1-8-9(2)11(4)13-12(10(8)3)7-14(5,6)15-13;;/h5-8H,9-10H2,1-4H3;7-8H2,1-6H3;2*7H2,1-6H3;2*1H4. The zero-order chi connectivity index (χ0) is 47.8. The molecule has 0 amide bonds. The lowest BCUT2D eigenvalue weighted by Gasteiger charge is -2.35. The SMILES string of the molecule is C.C.Cc1c(C)c(C)c2c(c1C)CC(C)(C)O2.Cc1c(C)c(C)c2c(c1C)CCC(C)(C)O2.Cc1c(C)c(C)c2c(c1C)OCC2(C)C.Cc1c2c(c3ccccc3c1C)OC(C)(C)CC2. The van der Waals surface area contributed by atoms with Crippen molar-refractivity contribution in [1.29, 1.82) is 0 Å². The van der Waals surface area contributed by atoms with Gasteiger partial charge in [0, 0.05) is 28.3 Å². The number of hydrogen-bond acceptors (Lipinski definition) is 4. The van der Waals surface area contributed by atoms with E-state index in [1.165, 1.54) is 111 Å². The molecule has 4 nitrogen and oxygen atoms in total. The Bertz CT molecular complexity index is 2610. The first-order valence-corrected chi connectivity index (χ1v) is 24.0. The Morgan fingerprint density at radius 3 is 1.24 bits per heavy atom. The molecule has 0 aromatic heterocycles. The van der Waals surface area contributed by atoms with E-state index in [4.69, 9.17) is 18.9 Å². The van der Waals surface area contributed by atoms with Crippen LogP contribution < -0.4 is 18.9 Å². The molecule has 0 radical (unpaired) electrons. The van der Waals surface area contributed by atoms with Crippen LogP contribution >= 0.6 is 0 Å². The fraction of sp³-hybridized carbons (Fsp3) is 0.548. The molecule has 5 aromatic carbocycles. The molecule has 4 heterocycles. The van der Waals surface area contributed by atoms with Gasteiger partial charge < -0.3 is 18.9 Å². The summed E-state index contributed by atoms with van der Waals surface area (Å²) < 4.78 is 24.3. The van der Waals surface area contributed by atoms with Crippen molar-refractivity contribution in [2.75, 3.05) is 6.61 Å². The van der Waals surface area contributed by atoms with E-state index < -0.39 is 0 Å². The maximum Gasteiger partial charge on any atom is 0.131 e. The number of fused-ring (bicyclic) bond motifs is 6. The Morgan fingerprint density at radius 2 is 0.727 bits per heavy atom. The smallest absolute Gasteiger partial charge is 0.131 e. The van der Waals surface area contributed by atoms with Gasteiger partial charge in [-0.1, -0.05) is 53.0 Å². The monoisotopic (exact) mass is 899 g/mol. The summed E-state index contributed by atoms with van der Waals surface area (Å²) >= 11 is 0. The van der Waals surface area contributed by atoms with E-state index in [2.05, 4.69) is 177 Å². The van der Waals surface area contributed by atoms with Gasteiger partial charge in [0.25, 0.3) is 0 Å². The maximum atomic E-state index is 6.27. The summed E-state index contributed by atoms with van der Waals surface area (Å²) in [6.45, 7) is 49.2. The van der Waals surface area contributed by atoms with E-state index in [-0.39, 0.29) is 37.1 Å². The molecule has 0 aliphatic carbocycles. The van der Waals surface area contributed by atoms with Crippen molar-refractivity contribution in [3.63, 3.8) is 0 Å². The number of benzene rings is 5.